The summed E-state index contributed by atoms with van der Waals surface area (Å²) in [5.74, 6) is -6.04. The van der Waals surface area contributed by atoms with Gasteiger partial charge in [0.1, 0.15) is 0 Å². The zero-order valence-corrected chi connectivity index (χ0v) is 10.4. The average molecular weight is 299 g/mol. The number of hydroxylamine groups is 2. The maximum atomic E-state index is 12.4. The molecular formula is C13H8F3NO4. The lowest BCUT2D eigenvalue weighted by atomic mass is 10.1. The smallest absolute Gasteiger partial charge is 0.329 e. The van der Waals surface area contributed by atoms with Crippen molar-refractivity contribution in [3.63, 3.8) is 0 Å². The van der Waals surface area contributed by atoms with Gasteiger partial charge in [-0.3, -0.25) is 9.59 Å². The van der Waals surface area contributed by atoms with Gasteiger partial charge in [0.05, 0.1) is 23.0 Å². The van der Waals surface area contributed by atoms with Gasteiger partial charge >= 0.3 is 12.1 Å². The van der Waals surface area contributed by atoms with E-state index >= 15 is 0 Å². The highest BCUT2D eigenvalue weighted by Gasteiger charge is 2.60. The fraction of sp³-hybridized carbons (Fsp3) is 0.308. The molecule has 1 aromatic rings. The minimum atomic E-state index is -4.48. The number of rotatable bonds is 2. The Kier molecular flexibility index (Phi) is 2.79. The first-order chi connectivity index (χ1) is 9.80. The van der Waals surface area contributed by atoms with Crippen molar-refractivity contribution in [2.24, 2.45) is 11.8 Å². The minimum absolute atomic E-state index is 0.0541. The monoisotopic (exact) mass is 299 g/mol. The quantitative estimate of drug-likeness (QED) is 0.783. The van der Waals surface area contributed by atoms with Gasteiger partial charge in [-0.25, -0.2) is 4.79 Å². The van der Waals surface area contributed by atoms with E-state index in [0.29, 0.717) is 0 Å². The Morgan fingerprint density at radius 1 is 1.14 bits per heavy atom. The van der Waals surface area contributed by atoms with Gasteiger partial charge < -0.3 is 4.84 Å². The van der Waals surface area contributed by atoms with Crippen LogP contribution in [0.4, 0.5) is 13.2 Å². The molecule has 8 heteroatoms. The largest absolute Gasteiger partial charge is 0.392 e. The number of nitrogens with zero attached hydrogens (tertiary/aromatic N) is 1. The number of carbonyl (C=O) groups excluding carboxylic acids is 3. The van der Waals surface area contributed by atoms with Crippen molar-refractivity contribution in [1.82, 2.24) is 5.06 Å². The fourth-order valence-electron chi connectivity index (χ4n) is 2.22. The van der Waals surface area contributed by atoms with Crippen molar-refractivity contribution in [3.05, 3.63) is 35.4 Å². The van der Waals surface area contributed by atoms with Crippen LogP contribution in [0.1, 0.15) is 27.1 Å². The molecule has 1 aromatic carbocycles. The number of benzene rings is 1. The van der Waals surface area contributed by atoms with Gasteiger partial charge in [-0.15, -0.1) is 0 Å². The van der Waals surface area contributed by atoms with Crippen LogP contribution < -0.4 is 0 Å². The number of fused-ring (bicyclic) bond motifs is 1. The highest BCUT2D eigenvalue weighted by Crippen LogP contribution is 2.50. The van der Waals surface area contributed by atoms with Crippen LogP contribution in [0, 0.1) is 11.8 Å². The van der Waals surface area contributed by atoms with Gasteiger partial charge in [0, 0.05) is 0 Å². The topological polar surface area (TPSA) is 63.7 Å². The number of hydrogen-bond donors (Lipinski definition) is 0. The second-order valence-corrected chi connectivity index (χ2v) is 4.85. The molecule has 3 rings (SSSR count). The van der Waals surface area contributed by atoms with Crippen LogP contribution in [0.2, 0.25) is 0 Å². The summed E-state index contributed by atoms with van der Waals surface area (Å²) in [4.78, 5) is 39.9. The van der Waals surface area contributed by atoms with E-state index in [-0.39, 0.29) is 22.6 Å². The molecule has 0 aromatic heterocycles. The Hall–Kier alpha value is -2.38. The van der Waals surface area contributed by atoms with Crippen molar-refractivity contribution in [2.45, 2.75) is 12.6 Å². The van der Waals surface area contributed by atoms with Crippen molar-refractivity contribution < 1.29 is 32.4 Å². The predicted molar refractivity (Wildman–Crippen MR) is 60.7 cm³/mol. The number of hydrogen-bond acceptors (Lipinski definition) is 4. The normalized spacial score (nSPS) is 24.0. The van der Waals surface area contributed by atoms with Crippen LogP contribution >= 0.6 is 0 Å². The molecule has 0 bridgehead atoms. The standard InChI is InChI=1S/C13H8F3NO4/c14-13(15,16)9-5-8(9)12(20)21-17-10(18)6-3-1-2-4-7(6)11(17)19/h1-4,8-9H,5H2/t8-,9-/m0/s1. The molecule has 0 radical (unpaired) electrons. The zero-order valence-electron chi connectivity index (χ0n) is 10.4. The molecule has 5 nitrogen and oxygen atoms in total. The zero-order chi connectivity index (χ0) is 15.4. The molecule has 21 heavy (non-hydrogen) atoms. The second kappa shape index (κ2) is 4.31. The lowest BCUT2D eigenvalue weighted by Gasteiger charge is -2.13. The van der Waals surface area contributed by atoms with Crippen molar-refractivity contribution in [2.75, 3.05) is 0 Å². The SMILES string of the molecule is O=C(ON1C(=O)c2ccccc2C1=O)[C@H]1C[C@@H]1C(F)(F)F. The Bertz CT molecular complexity index is 620. The minimum Gasteiger partial charge on any atom is -0.329 e. The van der Waals surface area contributed by atoms with Crippen molar-refractivity contribution >= 4 is 17.8 Å². The summed E-state index contributed by atoms with van der Waals surface area (Å²) in [5, 5.41) is 0.221. The number of carbonyl (C=O) groups is 3. The first-order valence-corrected chi connectivity index (χ1v) is 6.07. The van der Waals surface area contributed by atoms with Gasteiger partial charge in [0.2, 0.25) is 0 Å². The molecule has 1 saturated carbocycles. The fourth-order valence-corrected chi connectivity index (χ4v) is 2.22. The van der Waals surface area contributed by atoms with Crippen molar-refractivity contribution in [3.8, 4) is 0 Å². The molecule has 1 heterocycles. The van der Waals surface area contributed by atoms with Crippen LogP contribution in [-0.4, -0.2) is 29.0 Å². The first kappa shape index (κ1) is 13.6. The lowest BCUT2D eigenvalue weighted by molar-refractivity contribution is -0.178. The highest BCUT2D eigenvalue weighted by atomic mass is 19.4. The number of halogens is 3. The van der Waals surface area contributed by atoms with E-state index in [9.17, 15) is 27.6 Å². The molecule has 110 valence electrons. The maximum Gasteiger partial charge on any atom is 0.392 e. The number of alkyl halides is 3. The summed E-state index contributed by atoms with van der Waals surface area (Å²) in [5.41, 5.74) is 0.108. The summed E-state index contributed by atoms with van der Waals surface area (Å²) in [7, 11) is 0. The summed E-state index contributed by atoms with van der Waals surface area (Å²) in [6.07, 6.45) is -4.86. The molecule has 0 spiro atoms. The summed E-state index contributed by atoms with van der Waals surface area (Å²) in [6.45, 7) is 0. The summed E-state index contributed by atoms with van der Waals surface area (Å²) >= 11 is 0. The molecule has 1 aliphatic heterocycles. The molecule has 2 aliphatic rings. The first-order valence-electron chi connectivity index (χ1n) is 6.07. The van der Waals surface area contributed by atoms with Gasteiger partial charge in [0.25, 0.3) is 11.8 Å². The van der Waals surface area contributed by atoms with Crippen molar-refractivity contribution in [1.29, 1.82) is 0 Å². The molecule has 0 saturated heterocycles. The Morgan fingerprint density at radius 2 is 1.67 bits per heavy atom. The number of amides is 2. The van der Waals surface area contributed by atoms with E-state index in [1.165, 1.54) is 24.3 Å². The van der Waals surface area contributed by atoms with Gasteiger partial charge in [0.15, 0.2) is 0 Å². The molecule has 1 fully saturated rings. The maximum absolute atomic E-state index is 12.4. The van der Waals surface area contributed by atoms with Crippen LogP contribution in [-0.2, 0) is 9.63 Å². The molecular weight excluding hydrogens is 291 g/mol. The third-order valence-electron chi connectivity index (χ3n) is 3.45. The van der Waals surface area contributed by atoms with Crippen LogP contribution in [0.25, 0.3) is 0 Å². The highest BCUT2D eigenvalue weighted by molar-refractivity contribution is 6.20. The Labute approximate surface area is 116 Å². The van der Waals surface area contributed by atoms with E-state index < -0.39 is 35.8 Å². The van der Waals surface area contributed by atoms with E-state index in [2.05, 4.69) is 4.84 Å². The Balaban J connectivity index is 1.72. The van der Waals surface area contributed by atoms with Gasteiger partial charge in [-0.1, -0.05) is 17.2 Å². The summed E-state index contributed by atoms with van der Waals surface area (Å²) < 4.78 is 37.1. The Morgan fingerprint density at radius 3 is 2.10 bits per heavy atom. The summed E-state index contributed by atoms with van der Waals surface area (Å²) in [6, 6.07) is 5.80. The van der Waals surface area contributed by atoms with Crippen LogP contribution in [0.3, 0.4) is 0 Å². The van der Waals surface area contributed by atoms with E-state index in [1.54, 1.807) is 0 Å². The molecule has 2 amide bonds. The molecule has 0 unspecified atom stereocenters. The number of imide groups is 1. The van der Waals surface area contributed by atoms with Gasteiger partial charge in [-0.05, 0) is 18.6 Å². The molecule has 2 atom stereocenters. The van der Waals surface area contributed by atoms with E-state index in [4.69, 9.17) is 0 Å². The lowest BCUT2D eigenvalue weighted by Crippen LogP contribution is -2.33. The van der Waals surface area contributed by atoms with Gasteiger partial charge in [-0.2, -0.15) is 13.2 Å². The average Bonchev–Trinajstić information content (AvgIpc) is 3.20. The van der Waals surface area contributed by atoms with Crippen LogP contribution in [0.15, 0.2) is 24.3 Å². The van der Waals surface area contributed by atoms with E-state index in [1.807, 2.05) is 0 Å². The molecule has 0 N–H and O–H groups in total. The third kappa shape index (κ3) is 2.16. The van der Waals surface area contributed by atoms with Crippen LogP contribution in [0.5, 0.6) is 0 Å². The third-order valence-corrected chi connectivity index (χ3v) is 3.45. The predicted octanol–water partition coefficient (Wildman–Crippen LogP) is 1.94. The molecule has 1 aliphatic carbocycles. The van der Waals surface area contributed by atoms with E-state index in [0.717, 1.165) is 0 Å². The second-order valence-electron chi connectivity index (χ2n) is 4.85.